The van der Waals surface area contributed by atoms with E-state index in [0.29, 0.717) is 16.5 Å². The first kappa shape index (κ1) is 15.3. The lowest BCUT2D eigenvalue weighted by Gasteiger charge is -2.39. The van der Waals surface area contributed by atoms with Crippen LogP contribution >= 0.6 is 23.8 Å². The fourth-order valence-electron chi connectivity index (χ4n) is 2.75. The predicted octanol–water partition coefficient (Wildman–Crippen LogP) is 3.29. The summed E-state index contributed by atoms with van der Waals surface area (Å²) in [7, 11) is 0. The van der Waals surface area contributed by atoms with Crippen molar-refractivity contribution in [2.24, 2.45) is 11.7 Å². The molecule has 1 aromatic heterocycles. The van der Waals surface area contributed by atoms with Crippen molar-refractivity contribution in [3.8, 4) is 0 Å². The molecule has 1 fully saturated rings. The van der Waals surface area contributed by atoms with Crippen molar-refractivity contribution in [3.05, 3.63) is 23.1 Å². The molecule has 4 nitrogen and oxygen atoms in total. The Morgan fingerprint density at radius 1 is 1.60 bits per heavy atom. The second kappa shape index (κ2) is 6.14. The third-order valence-electron chi connectivity index (χ3n) is 4.22. The van der Waals surface area contributed by atoms with Crippen LogP contribution in [0.5, 0.6) is 0 Å². The van der Waals surface area contributed by atoms with Gasteiger partial charge in [-0.2, -0.15) is 0 Å². The summed E-state index contributed by atoms with van der Waals surface area (Å²) in [6.45, 7) is 2.18. The van der Waals surface area contributed by atoms with Gasteiger partial charge in [0.05, 0.1) is 22.4 Å². The number of nitrogens with one attached hydrogen (secondary N) is 1. The van der Waals surface area contributed by atoms with Gasteiger partial charge in [0.25, 0.3) is 5.91 Å². The average molecular weight is 315 g/mol. The summed E-state index contributed by atoms with van der Waals surface area (Å²) in [6.07, 6.45) is 6.14. The van der Waals surface area contributed by atoms with Crippen LogP contribution in [0.25, 0.3) is 0 Å². The molecule has 1 saturated carbocycles. The Morgan fingerprint density at radius 2 is 2.25 bits per heavy atom. The van der Waals surface area contributed by atoms with Crippen molar-refractivity contribution in [1.29, 1.82) is 0 Å². The smallest absolute Gasteiger partial charge is 0.256 e. The normalized spacial score (nSPS) is 26.2. The van der Waals surface area contributed by atoms with Crippen LogP contribution in [0.1, 0.15) is 49.4 Å². The Labute approximate surface area is 129 Å². The zero-order valence-corrected chi connectivity index (χ0v) is 13.0. The van der Waals surface area contributed by atoms with Crippen molar-refractivity contribution < 1.29 is 9.21 Å². The molecule has 1 aliphatic carbocycles. The van der Waals surface area contributed by atoms with Crippen molar-refractivity contribution in [2.75, 3.05) is 0 Å². The molecule has 0 spiro atoms. The molecule has 0 atom stereocenters. The SMILES string of the molecule is CCC1CCC(NC(=O)c2ccoc2Cl)(C(N)=S)CC1. The van der Waals surface area contributed by atoms with Gasteiger partial charge in [0.1, 0.15) is 0 Å². The summed E-state index contributed by atoms with van der Waals surface area (Å²) in [4.78, 5) is 12.6. The number of hydrogen-bond acceptors (Lipinski definition) is 3. The standard InChI is InChI=1S/C14H19ClN2O2S/c1-2-9-3-6-14(7-4-9,13(16)20)17-12(18)10-5-8-19-11(10)15/h5,8-9H,2-4,6-7H2,1H3,(H2,16,20)(H,17,18). The predicted molar refractivity (Wildman–Crippen MR) is 82.9 cm³/mol. The maximum atomic E-state index is 12.3. The van der Waals surface area contributed by atoms with E-state index in [-0.39, 0.29) is 11.1 Å². The van der Waals surface area contributed by atoms with E-state index in [1.807, 2.05) is 0 Å². The molecule has 1 aliphatic rings. The molecule has 1 aromatic rings. The Kier molecular flexibility index (Phi) is 4.70. The van der Waals surface area contributed by atoms with Crippen LogP contribution in [-0.4, -0.2) is 16.4 Å². The first-order valence-corrected chi connectivity index (χ1v) is 7.62. The monoisotopic (exact) mass is 314 g/mol. The minimum Gasteiger partial charge on any atom is -0.452 e. The van der Waals surface area contributed by atoms with Crippen molar-refractivity contribution in [3.63, 3.8) is 0 Å². The van der Waals surface area contributed by atoms with Gasteiger partial charge >= 0.3 is 0 Å². The number of furan rings is 1. The number of rotatable bonds is 4. The highest BCUT2D eigenvalue weighted by molar-refractivity contribution is 7.80. The summed E-state index contributed by atoms with van der Waals surface area (Å²) in [5.41, 5.74) is 5.61. The first-order valence-electron chi connectivity index (χ1n) is 6.84. The summed E-state index contributed by atoms with van der Waals surface area (Å²) >= 11 is 11.0. The lowest BCUT2D eigenvalue weighted by molar-refractivity contribution is 0.0898. The molecule has 1 amide bonds. The Balaban J connectivity index is 2.13. The van der Waals surface area contributed by atoms with E-state index in [1.54, 1.807) is 6.07 Å². The molecular formula is C14H19ClN2O2S. The van der Waals surface area contributed by atoms with Gasteiger partial charge in [0, 0.05) is 0 Å². The molecule has 3 N–H and O–H groups in total. The lowest BCUT2D eigenvalue weighted by atomic mass is 9.75. The molecule has 0 unspecified atom stereocenters. The van der Waals surface area contributed by atoms with Gasteiger partial charge < -0.3 is 15.5 Å². The number of carbonyl (C=O) groups is 1. The van der Waals surface area contributed by atoms with E-state index in [4.69, 9.17) is 34.0 Å². The van der Waals surface area contributed by atoms with Gasteiger partial charge in [-0.3, -0.25) is 4.79 Å². The molecule has 110 valence electrons. The fourth-order valence-corrected chi connectivity index (χ4v) is 3.21. The number of nitrogens with two attached hydrogens (primary N) is 1. The number of carbonyl (C=O) groups excluding carboxylic acids is 1. The van der Waals surface area contributed by atoms with Gasteiger partial charge in [-0.05, 0) is 49.3 Å². The minimum absolute atomic E-state index is 0.0860. The largest absolute Gasteiger partial charge is 0.452 e. The van der Waals surface area contributed by atoms with E-state index in [0.717, 1.165) is 32.1 Å². The van der Waals surface area contributed by atoms with Crippen LogP contribution in [0.15, 0.2) is 16.7 Å². The number of amides is 1. The van der Waals surface area contributed by atoms with Crippen LogP contribution in [0.3, 0.4) is 0 Å². The zero-order chi connectivity index (χ0) is 14.8. The quantitative estimate of drug-likeness (QED) is 0.837. The highest BCUT2D eigenvalue weighted by Crippen LogP contribution is 2.34. The van der Waals surface area contributed by atoms with E-state index in [1.165, 1.54) is 6.26 Å². The van der Waals surface area contributed by atoms with Crippen molar-refractivity contribution >= 4 is 34.7 Å². The molecule has 0 saturated heterocycles. The number of halogens is 1. The second-order valence-corrected chi connectivity index (χ2v) is 6.14. The van der Waals surface area contributed by atoms with Gasteiger partial charge in [-0.15, -0.1) is 0 Å². The van der Waals surface area contributed by atoms with Gasteiger partial charge in [0.2, 0.25) is 5.22 Å². The molecule has 20 heavy (non-hydrogen) atoms. The number of hydrogen-bond donors (Lipinski definition) is 2. The molecule has 0 radical (unpaired) electrons. The summed E-state index contributed by atoms with van der Waals surface area (Å²) in [5.74, 6) is 0.401. The van der Waals surface area contributed by atoms with Crippen LogP contribution in [-0.2, 0) is 0 Å². The third-order valence-corrected chi connectivity index (χ3v) is 4.91. The second-order valence-electron chi connectivity index (χ2n) is 5.36. The van der Waals surface area contributed by atoms with Crippen molar-refractivity contribution in [2.45, 2.75) is 44.6 Å². The summed E-state index contributed by atoms with van der Waals surface area (Å²) < 4.78 is 4.94. The average Bonchev–Trinajstić information content (AvgIpc) is 2.85. The Bertz CT molecular complexity index is 507. The topological polar surface area (TPSA) is 68.3 Å². The molecule has 2 rings (SSSR count). The van der Waals surface area contributed by atoms with Crippen LogP contribution in [0, 0.1) is 5.92 Å². The first-order chi connectivity index (χ1) is 9.48. The van der Waals surface area contributed by atoms with Crippen LogP contribution < -0.4 is 11.1 Å². The van der Waals surface area contributed by atoms with E-state index >= 15 is 0 Å². The van der Waals surface area contributed by atoms with Crippen LogP contribution in [0.2, 0.25) is 5.22 Å². The van der Waals surface area contributed by atoms with Gasteiger partial charge in [-0.25, -0.2) is 0 Å². The van der Waals surface area contributed by atoms with E-state index < -0.39 is 5.54 Å². The molecule has 0 aliphatic heterocycles. The summed E-state index contributed by atoms with van der Waals surface area (Å²) in [6, 6.07) is 1.54. The van der Waals surface area contributed by atoms with Gasteiger partial charge in [0.15, 0.2) is 0 Å². The van der Waals surface area contributed by atoms with Crippen LogP contribution in [0.4, 0.5) is 0 Å². The van der Waals surface area contributed by atoms with Crippen molar-refractivity contribution in [1.82, 2.24) is 5.32 Å². The van der Waals surface area contributed by atoms with E-state index in [9.17, 15) is 4.79 Å². The molecule has 1 heterocycles. The molecular weight excluding hydrogens is 296 g/mol. The van der Waals surface area contributed by atoms with Gasteiger partial charge in [-0.1, -0.05) is 25.6 Å². The lowest BCUT2D eigenvalue weighted by Crippen LogP contribution is -2.58. The number of thiocarbonyl (C=S) groups is 1. The molecule has 0 aromatic carbocycles. The Hall–Kier alpha value is -1.07. The maximum Gasteiger partial charge on any atom is 0.256 e. The maximum absolute atomic E-state index is 12.3. The summed E-state index contributed by atoms with van der Waals surface area (Å²) in [5, 5.41) is 3.06. The third kappa shape index (κ3) is 2.99. The zero-order valence-electron chi connectivity index (χ0n) is 11.4. The molecule has 6 heteroatoms. The Morgan fingerprint density at radius 3 is 2.70 bits per heavy atom. The fraction of sp³-hybridized carbons (Fsp3) is 0.571. The molecule has 0 bridgehead atoms. The minimum atomic E-state index is -0.599. The highest BCUT2D eigenvalue weighted by Gasteiger charge is 2.39. The highest BCUT2D eigenvalue weighted by atomic mass is 35.5. The van der Waals surface area contributed by atoms with E-state index in [2.05, 4.69) is 12.2 Å².